The number of benzodiazepines with no additional fused rings is 1. The minimum absolute atomic E-state index is 0.184. The van der Waals surface area contributed by atoms with Gasteiger partial charge in [0.2, 0.25) is 0 Å². The molecule has 2 N–H and O–H groups in total. The van der Waals surface area contributed by atoms with E-state index in [0.717, 1.165) is 28.8 Å². The van der Waals surface area contributed by atoms with Crippen LogP contribution >= 0.6 is 11.6 Å². The zero-order valence-corrected chi connectivity index (χ0v) is 12.9. The lowest BCUT2D eigenvalue weighted by molar-refractivity contribution is -0.111. The van der Waals surface area contributed by atoms with Crippen LogP contribution in [0.5, 0.6) is 0 Å². The quantitative estimate of drug-likeness (QED) is 0.867. The Labute approximate surface area is 134 Å². The van der Waals surface area contributed by atoms with Crippen LogP contribution in [0.25, 0.3) is 0 Å². The standard InChI is InChI=1S/C17H16ClN3O/c1-21-15-8-7-13(18)9-14(15)16(12-5-3-2-4-6-12)20-10-17(21,19)11-22/h2-9,11H,10,19H2,1H3. The van der Waals surface area contributed by atoms with Crippen molar-refractivity contribution in [1.29, 1.82) is 0 Å². The molecule has 0 fully saturated rings. The molecule has 4 nitrogen and oxygen atoms in total. The number of carbonyl (C=O) groups is 1. The molecule has 1 heterocycles. The van der Waals surface area contributed by atoms with Gasteiger partial charge in [-0.25, -0.2) is 0 Å². The number of hydrogen-bond acceptors (Lipinski definition) is 4. The van der Waals surface area contributed by atoms with Crippen LogP contribution in [0.15, 0.2) is 53.5 Å². The molecule has 2 aromatic rings. The fourth-order valence-electron chi connectivity index (χ4n) is 2.57. The molecule has 0 aliphatic carbocycles. The van der Waals surface area contributed by atoms with Gasteiger partial charge < -0.3 is 10.6 Å². The number of hydrogen-bond donors (Lipinski definition) is 1. The van der Waals surface area contributed by atoms with Crippen molar-refractivity contribution in [2.75, 3.05) is 18.5 Å². The van der Waals surface area contributed by atoms with E-state index in [1.54, 1.807) is 18.0 Å². The Bertz CT molecular complexity index is 745. The van der Waals surface area contributed by atoms with Crippen LogP contribution in [-0.4, -0.2) is 31.3 Å². The molecule has 5 heteroatoms. The highest BCUT2D eigenvalue weighted by Crippen LogP contribution is 2.31. The van der Waals surface area contributed by atoms with Gasteiger partial charge in [0, 0.05) is 28.9 Å². The maximum absolute atomic E-state index is 11.5. The molecule has 1 atom stereocenters. The van der Waals surface area contributed by atoms with Crippen molar-refractivity contribution < 1.29 is 4.79 Å². The van der Waals surface area contributed by atoms with E-state index in [1.165, 1.54) is 0 Å². The Balaban J connectivity index is 2.25. The highest BCUT2D eigenvalue weighted by molar-refractivity contribution is 6.31. The summed E-state index contributed by atoms with van der Waals surface area (Å²) in [5.41, 5.74) is 8.51. The molecular formula is C17H16ClN3O. The zero-order chi connectivity index (χ0) is 15.7. The van der Waals surface area contributed by atoms with Crippen LogP contribution in [0.1, 0.15) is 11.1 Å². The molecule has 3 rings (SSSR count). The summed E-state index contributed by atoms with van der Waals surface area (Å²) in [6, 6.07) is 15.3. The second-order valence-corrected chi connectivity index (χ2v) is 5.80. The number of nitrogens with two attached hydrogens (primary N) is 1. The smallest absolute Gasteiger partial charge is 0.165 e. The SMILES string of the molecule is CN1c2ccc(Cl)cc2C(c2ccccc2)=NCC1(N)C=O. The first-order valence-corrected chi connectivity index (χ1v) is 7.32. The number of halogens is 1. The fourth-order valence-corrected chi connectivity index (χ4v) is 2.74. The lowest BCUT2D eigenvalue weighted by Crippen LogP contribution is -2.58. The predicted molar refractivity (Wildman–Crippen MR) is 89.8 cm³/mol. The molecule has 0 saturated heterocycles. The summed E-state index contributed by atoms with van der Waals surface area (Å²) in [5, 5.41) is 0.617. The number of anilines is 1. The van der Waals surface area contributed by atoms with Crippen molar-refractivity contribution in [2.45, 2.75) is 5.66 Å². The lowest BCUT2D eigenvalue weighted by atomic mass is 10.00. The van der Waals surface area contributed by atoms with Gasteiger partial charge in [-0.1, -0.05) is 41.9 Å². The number of aliphatic imine (C=N–C) groups is 1. The third-order valence-corrected chi connectivity index (χ3v) is 4.18. The molecule has 1 aliphatic rings. The molecule has 1 unspecified atom stereocenters. The van der Waals surface area contributed by atoms with Crippen molar-refractivity contribution in [3.8, 4) is 0 Å². The minimum atomic E-state index is -1.17. The Kier molecular flexibility index (Phi) is 3.72. The van der Waals surface area contributed by atoms with Crippen molar-refractivity contribution in [1.82, 2.24) is 0 Å². The average molecular weight is 314 g/mol. The van der Waals surface area contributed by atoms with Crippen molar-refractivity contribution in [3.05, 3.63) is 64.7 Å². The molecule has 112 valence electrons. The van der Waals surface area contributed by atoms with E-state index in [2.05, 4.69) is 4.99 Å². The molecular weight excluding hydrogens is 298 g/mol. The third kappa shape index (κ3) is 2.40. The second-order valence-electron chi connectivity index (χ2n) is 5.36. The summed E-state index contributed by atoms with van der Waals surface area (Å²) < 4.78 is 0. The number of nitrogens with zero attached hydrogens (tertiary/aromatic N) is 2. The van der Waals surface area contributed by atoms with Gasteiger partial charge in [0.15, 0.2) is 11.9 Å². The van der Waals surface area contributed by atoms with Gasteiger partial charge in [-0.3, -0.25) is 9.79 Å². The van der Waals surface area contributed by atoms with E-state index in [4.69, 9.17) is 17.3 Å². The number of likely N-dealkylation sites (N-methyl/N-ethyl adjacent to an activating group) is 1. The van der Waals surface area contributed by atoms with E-state index >= 15 is 0 Å². The van der Waals surface area contributed by atoms with Crippen LogP contribution in [0.4, 0.5) is 5.69 Å². The maximum atomic E-state index is 11.5. The first-order chi connectivity index (χ1) is 10.5. The summed E-state index contributed by atoms with van der Waals surface area (Å²) in [6.45, 7) is 0.184. The monoisotopic (exact) mass is 313 g/mol. The first-order valence-electron chi connectivity index (χ1n) is 6.94. The van der Waals surface area contributed by atoms with Crippen LogP contribution in [0.2, 0.25) is 5.02 Å². The number of fused-ring (bicyclic) bond motifs is 1. The molecule has 1 aliphatic heterocycles. The zero-order valence-electron chi connectivity index (χ0n) is 12.2. The third-order valence-electron chi connectivity index (χ3n) is 3.94. The Morgan fingerprint density at radius 1 is 1.27 bits per heavy atom. The summed E-state index contributed by atoms with van der Waals surface area (Å²) in [5.74, 6) is 0. The summed E-state index contributed by atoms with van der Waals surface area (Å²) in [6.07, 6.45) is 0.739. The van der Waals surface area contributed by atoms with Crippen LogP contribution < -0.4 is 10.6 Å². The van der Waals surface area contributed by atoms with Gasteiger partial charge in [0.25, 0.3) is 0 Å². The number of rotatable bonds is 2. The number of benzene rings is 2. The summed E-state index contributed by atoms with van der Waals surface area (Å²) in [4.78, 5) is 17.9. The molecule has 0 radical (unpaired) electrons. The first kappa shape index (κ1) is 14.8. The van der Waals surface area contributed by atoms with Gasteiger partial charge >= 0.3 is 0 Å². The van der Waals surface area contributed by atoms with E-state index in [-0.39, 0.29) is 6.54 Å². The highest BCUT2D eigenvalue weighted by atomic mass is 35.5. The number of aldehydes is 1. The minimum Gasteiger partial charge on any atom is -0.348 e. The number of carbonyl (C=O) groups excluding carboxylic acids is 1. The molecule has 0 aromatic heterocycles. The fraction of sp³-hybridized carbons (Fsp3) is 0.176. The van der Waals surface area contributed by atoms with Crippen molar-refractivity contribution >= 4 is 29.3 Å². The van der Waals surface area contributed by atoms with E-state index in [1.807, 2.05) is 42.5 Å². The molecule has 2 aromatic carbocycles. The van der Waals surface area contributed by atoms with Crippen molar-refractivity contribution in [3.63, 3.8) is 0 Å². The Morgan fingerprint density at radius 2 is 2.00 bits per heavy atom. The van der Waals surface area contributed by atoms with Gasteiger partial charge in [-0.2, -0.15) is 0 Å². The molecule has 0 spiro atoms. The van der Waals surface area contributed by atoms with E-state index in [9.17, 15) is 4.79 Å². The lowest BCUT2D eigenvalue weighted by Gasteiger charge is -2.33. The molecule has 0 saturated carbocycles. The Morgan fingerprint density at radius 3 is 2.68 bits per heavy atom. The van der Waals surface area contributed by atoms with Gasteiger partial charge in [0.1, 0.15) is 0 Å². The average Bonchev–Trinajstić information content (AvgIpc) is 2.65. The molecule has 0 amide bonds. The Hall–Kier alpha value is -2.17. The van der Waals surface area contributed by atoms with Gasteiger partial charge in [-0.05, 0) is 18.2 Å². The van der Waals surface area contributed by atoms with E-state index < -0.39 is 5.66 Å². The van der Waals surface area contributed by atoms with Crippen LogP contribution in [0, 0.1) is 0 Å². The summed E-state index contributed by atoms with van der Waals surface area (Å²) >= 11 is 6.16. The molecule has 0 bridgehead atoms. The maximum Gasteiger partial charge on any atom is 0.165 e. The van der Waals surface area contributed by atoms with Crippen LogP contribution in [-0.2, 0) is 4.79 Å². The highest BCUT2D eigenvalue weighted by Gasteiger charge is 2.34. The van der Waals surface area contributed by atoms with Crippen LogP contribution in [0.3, 0.4) is 0 Å². The largest absolute Gasteiger partial charge is 0.348 e. The second kappa shape index (κ2) is 5.55. The van der Waals surface area contributed by atoms with Crippen molar-refractivity contribution in [2.24, 2.45) is 10.7 Å². The summed E-state index contributed by atoms with van der Waals surface area (Å²) in [7, 11) is 1.80. The normalized spacial score (nSPS) is 20.9. The van der Waals surface area contributed by atoms with Gasteiger partial charge in [0.05, 0.1) is 12.3 Å². The van der Waals surface area contributed by atoms with E-state index in [0.29, 0.717) is 5.02 Å². The van der Waals surface area contributed by atoms with Gasteiger partial charge in [-0.15, -0.1) is 0 Å². The molecule has 22 heavy (non-hydrogen) atoms. The predicted octanol–water partition coefficient (Wildman–Crippen LogP) is 2.48. The topological polar surface area (TPSA) is 58.7 Å².